The zero-order valence-corrected chi connectivity index (χ0v) is 11.3. The lowest BCUT2D eigenvalue weighted by Crippen LogP contribution is -2.60. The minimum atomic E-state index is -0.341. The second-order valence-corrected chi connectivity index (χ2v) is 5.72. The summed E-state index contributed by atoms with van der Waals surface area (Å²) in [6, 6.07) is 7.11. The quantitative estimate of drug-likeness (QED) is 0.629. The molecule has 1 aliphatic carbocycles. The van der Waals surface area contributed by atoms with Crippen molar-refractivity contribution in [3.8, 4) is 0 Å². The van der Waals surface area contributed by atoms with Crippen molar-refractivity contribution in [1.29, 1.82) is 0 Å². The maximum absolute atomic E-state index is 10.9. The number of aliphatic hydroxyl groups is 1. The minimum Gasteiger partial charge on any atom is -0.392 e. The number of nitrogens with zero attached hydrogens (tertiary/aromatic N) is 1. The monoisotopic (exact) mass is 264 g/mol. The molecule has 0 aliphatic heterocycles. The van der Waals surface area contributed by atoms with Crippen molar-refractivity contribution in [2.45, 2.75) is 38.8 Å². The molecule has 1 fully saturated rings. The van der Waals surface area contributed by atoms with Crippen molar-refractivity contribution < 1.29 is 10.0 Å². The number of hydrogen-bond donors (Lipinski definition) is 2. The van der Waals surface area contributed by atoms with Crippen LogP contribution in [0.3, 0.4) is 0 Å². The van der Waals surface area contributed by atoms with Crippen molar-refractivity contribution >= 4 is 5.69 Å². The summed E-state index contributed by atoms with van der Waals surface area (Å²) in [4.78, 5) is 10.5. The molecule has 1 aromatic carbocycles. The summed E-state index contributed by atoms with van der Waals surface area (Å²) >= 11 is 0. The molecule has 1 aliphatic rings. The van der Waals surface area contributed by atoms with Crippen LogP contribution in [0.25, 0.3) is 0 Å². The average Bonchev–Trinajstić information content (AvgIpc) is 2.38. The Hall–Kier alpha value is -1.46. The van der Waals surface area contributed by atoms with Gasteiger partial charge >= 0.3 is 0 Å². The molecule has 1 aromatic rings. The summed E-state index contributed by atoms with van der Waals surface area (Å²) in [5.74, 6) is 0. The zero-order chi connectivity index (χ0) is 14.0. The van der Waals surface area contributed by atoms with E-state index in [-0.39, 0.29) is 28.2 Å². The lowest BCUT2D eigenvalue weighted by Gasteiger charge is -2.49. The molecular weight excluding hydrogens is 244 g/mol. The summed E-state index contributed by atoms with van der Waals surface area (Å²) in [5.41, 5.74) is 0.817. The second-order valence-electron chi connectivity index (χ2n) is 5.72. The molecule has 0 saturated heterocycles. The van der Waals surface area contributed by atoms with Gasteiger partial charge in [0.05, 0.1) is 11.0 Å². The van der Waals surface area contributed by atoms with Gasteiger partial charge in [-0.2, -0.15) is 0 Å². The van der Waals surface area contributed by atoms with Gasteiger partial charge in [0, 0.05) is 23.1 Å². The highest BCUT2D eigenvalue weighted by atomic mass is 16.6. The van der Waals surface area contributed by atoms with E-state index in [2.05, 4.69) is 5.32 Å². The van der Waals surface area contributed by atoms with E-state index in [0.29, 0.717) is 13.0 Å². The van der Waals surface area contributed by atoms with Gasteiger partial charge in [-0.05, 0) is 19.4 Å². The fourth-order valence-corrected chi connectivity index (χ4v) is 2.53. The maximum atomic E-state index is 10.9. The van der Waals surface area contributed by atoms with E-state index in [1.807, 2.05) is 19.9 Å². The Kier molecular flexibility index (Phi) is 3.87. The van der Waals surface area contributed by atoms with Gasteiger partial charge in [0.2, 0.25) is 0 Å². The third kappa shape index (κ3) is 2.77. The van der Waals surface area contributed by atoms with E-state index < -0.39 is 0 Å². The van der Waals surface area contributed by atoms with E-state index >= 15 is 0 Å². The van der Waals surface area contributed by atoms with Crippen LogP contribution < -0.4 is 5.32 Å². The van der Waals surface area contributed by atoms with E-state index in [9.17, 15) is 15.2 Å². The predicted molar refractivity (Wildman–Crippen MR) is 73.0 cm³/mol. The predicted octanol–water partition coefficient (Wildman–Crippen LogP) is 1.89. The molecule has 19 heavy (non-hydrogen) atoms. The highest BCUT2D eigenvalue weighted by Crippen LogP contribution is 2.40. The zero-order valence-electron chi connectivity index (χ0n) is 11.3. The number of rotatable bonds is 5. The second kappa shape index (κ2) is 5.27. The van der Waals surface area contributed by atoms with Crippen LogP contribution in [0, 0.1) is 15.5 Å². The largest absolute Gasteiger partial charge is 0.392 e. The molecule has 2 N–H and O–H groups in total. The average molecular weight is 264 g/mol. The van der Waals surface area contributed by atoms with Gasteiger partial charge in [-0.3, -0.25) is 10.1 Å². The Balaban J connectivity index is 1.89. The number of nitro groups is 1. The molecule has 2 unspecified atom stereocenters. The number of benzene rings is 1. The highest BCUT2D eigenvalue weighted by Gasteiger charge is 2.46. The Bertz CT molecular complexity index is 474. The fourth-order valence-electron chi connectivity index (χ4n) is 2.53. The first-order valence-electron chi connectivity index (χ1n) is 6.56. The summed E-state index contributed by atoms with van der Waals surface area (Å²) in [6.07, 6.45) is 1.13. The first-order valence-corrected chi connectivity index (χ1v) is 6.56. The smallest absolute Gasteiger partial charge is 0.272 e. The van der Waals surface area contributed by atoms with E-state index in [4.69, 9.17) is 0 Å². The molecular formula is C14H20N2O3. The molecule has 5 nitrogen and oxygen atoms in total. The summed E-state index contributed by atoms with van der Waals surface area (Å²) in [6.45, 7) is 4.75. The van der Waals surface area contributed by atoms with Gasteiger partial charge in [0.25, 0.3) is 5.69 Å². The van der Waals surface area contributed by atoms with E-state index in [0.717, 1.165) is 12.0 Å². The molecule has 0 radical (unpaired) electrons. The van der Waals surface area contributed by atoms with Gasteiger partial charge in [0.15, 0.2) is 0 Å². The first kappa shape index (κ1) is 14.0. The van der Waals surface area contributed by atoms with Crippen molar-refractivity contribution in [3.05, 3.63) is 39.9 Å². The minimum absolute atomic E-state index is 0.109. The molecule has 104 valence electrons. The molecule has 1 saturated carbocycles. The molecule has 0 aromatic heterocycles. The van der Waals surface area contributed by atoms with Crippen molar-refractivity contribution in [2.75, 3.05) is 6.54 Å². The molecule has 0 spiro atoms. The summed E-state index contributed by atoms with van der Waals surface area (Å²) in [7, 11) is 0. The van der Waals surface area contributed by atoms with Crippen LogP contribution in [-0.4, -0.2) is 28.7 Å². The summed E-state index contributed by atoms with van der Waals surface area (Å²) in [5, 5.41) is 23.9. The van der Waals surface area contributed by atoms with Crippen LogP contribution in [-0.2, 0) is 6.42 Å². The van der Waals surface area contributed by atoms with Gasteiger partial charge < -0.3 is 10.4 Å². The van der Waals surface area contributed by atoms with Crippen molar-refractivity contribution in [2.24, 2.45) is 5.41 Å². The number of hydrogen-bond acceptors (Lipinski definition) is 4. The summed E-state index contributed by atoms with van der Waals surface area (Å²) < 4.78 is 0. The normalized spacial score (nSPS) is 24.8. The molecule has 0 amide bonds. The SMILES string of the molecule is CC1(C)C(O)CC1NCCc1ccccc1[N+](=O)[O-]. The van der Waals surface area contributed by atoms with Crippen LogP contribution in [0.4, 0.5) is 5.69 Å². The van der Waals surface area contributed by atoms with Gasteiger partial charge in [-0.1, -0.05) is 32.0 Å². The van der Waals surface area contributed by atoms with Crippen LogP contribution in [0.1, 0.15) is 25.8 Å². The van der Waals surface area contributed by atoms with E-state index in [1.54, 1.807) is 12.1 Å². The topological polar surface area (TPSA) is 75.4 Å². The number of nitro benzene ring substituents is 1. The third-order valence-corrected chi connectivity index (χ3v) is 4.19. The molecule has 2 rings (SSSR count). The van der Waals surface area contributed by atoms with Crippen LogP contribution >= 0.6 is 0 Å². The Morgan fingerprint density at radius 1 is 1.47 bits per heavy atom. The maximum Gasteiger partial charge on any atom is 0.272 e. The Morgan fingerprint density at radius 2 is 2.16 bits per heavy atom. The molecule has 0 heterocycles. The highest BCUT2D eigenvalue weighted by molar-refractivity contribution is 5.39. The van der Waals surface area contributed by atoms with Gasteiger partial charge in [-0.15, -0.1) is 0 Å². The standard InChI is InChI=1S/C14H20N2O3/c1-14(2)12(9-13(14)17)15-8-7-10-5-3-4-6-11(10)16(18)19/h3-6,12-13,15,17H,7-9H2,1-2H3. The lowest BCUT2D eigenvalue weighted by molar-refractivity contribution is -0.385. The van der Waals surface area contributed by atoms with Crippen molar-refractivity contribution in [3.63, 3.8) is 0 Å². The molecule has 5 heteroatoms. The third-order valence-electron chi connectivity index (χ3n) is 4.19. The number of para-hydroxylation sites is 1. The van der Waals surface area contributed by atoms with E-state index in [1.165, 1.54) is 6.07 Å². The molecule has 2 atom stereocenters. The molecule has 0 bridgehead atoms. The first-order chi connectivity index (χ1) is 8.93. The number of aliphatic hydroxyl groups excluding tert-OH is 1. The lowest BCUT2D eigenvalue weighted by atomic mass is 9.64. The van der Waals surface area contributed by atoms with Crippen LogP contribution in [0.5, 0.6) is 0 Å². The van der Waals surface area contributed by atoms with Crippen LogP contribution in [0.15, 0.2) is 24.3 Å². The van der Waals surface area contributed by atoms with Gasteiger partial charge in [0.1, 0.15) is 0 Å². The van der Waals surface area contributed by atoms with Gasteiger partial charge in [-0.25, -0.2) is 0 Å². The Labute approximate surface area is 112 Å². The fraction of sp³-hybridized carbons (Fsp3) is 0.571. The number of nitrogens with one attached hydrogen (secondary N) is 1. The van der Waals surface area contributed by atoms with Crippen LogP contribution in [0.2, 0.25) is 0 Å². The van der Waals surface area contributed by atoms with Crippen molar-refractivity contribution in [1.82, 2.24) is 5.32 Å². The Morgan fingerprint density at radius 3 is 2.74 bits per heavy atom.